The number of ether oxygens (including phenoxy) is 6. The summed E-state index contributed by atoms with van der Waals surface area (Å²) in [5, 5.41) is 16.1. The van der Waals surface area contributed by atoms with Gasteiger partial charge in [0, 0.05) is 39.0 Å². The highest BCUT2D eigenvalue weighted by atomic mass is 16.6. The Hall–Kier alpha value is -4.33. The smallest absolute Gasteiger partial charge is 0.303 e. The number of benzene rings is 1. The molecule has 0 bridgehead atoms. The Balaban J connectivity index is 1.07. The molecule has 1 aromatic rings. The van der Waals surface area contributed by atoms with Crippen LogP contribution in [-0.2, 0) is 52.4 Å². The zero-order valence-corrected chi connectivity index (χ0v) is 30.6. The number of hydrogen-bond acceptors (Lipinski definition) is 13. The molecule has 1 fully saturated rings. The molecule has 1 atom stereocenters. The van der Waals surface area contributed by atoms with Crippen molar-refractivity contribution in [3.05, 3.63) is 29.3 Å². The van der Waals surface area contributed by atoms with Crippen molar-refractivity contribution in [2.75, 3.05) is 91.1 Å². The summed E-state index contributed by atoms with van der Waals surface area (Å²) in [5.41, 5.74) is 0.360. The van der Waals surface area contributed by atoms with E-state index in [1.165, 1.54) is 6.07 Å². The lowest BCUT2D eigenvalue weighted by Gasteiger charge is -2.27. The van der Waals surface area contributed by atoms with Crippen molar-refractivity contribution in [3.8, 4) is 0 Å². The summed E-state index contributed by atoms with van der Waals surface area (Å²) in [6, 6.07) is 3.50. The minimum Gasteiger partial charge on any atom is -0.481 e. The first-order valence-corrected chi connectivity index (χ1v) is 18.3. The molecular weight excluding hydrogens is 712 g/mol. The second kappa shape index (κ2) is 25.6. The highest BCUT2D eigenvalue weighted by molar-refractivity contribution is 6.26. The first-order valence-electron chi connectivity index (χ1n) is 18.3. The van der Waals surface area contributed by atoms with E-state index in [-0.39, 0.29) is 60.7 Å². The largest absolute Gasteiger partial charge is 0.481 e. The van der Waals surface area contributed by atoms with E-state index < -0.39 is 35.6 Å². The molecule has 6 amide bonds. The third-order valence-corrected chi connectivity index (χ3v) is 8.15. The van der Waals surface area contributed by atoms with Crippen LogP contribution in [0.4, 0.5) is 5.69 Å². The Morgan fingerprint density at radius 1 is 0.685 bits per heavy atom. The summed E-state index contributed by atoms with van der Waals surface area (Å²) in [4.78, 5) is 85.2. The molecule has 54 heavy (non-hydrogen) atoms. The third-order valence-electron chi connectivity index (χ3n) is 8.15. The van der Waals surface area contributed by atoms with Crippen LogP contribution in [0.25, 0.3) is 0 Å². The molecule has 0 radical (unpaired) electrons. The molecule has 0 spiro atoms. The van der Waals surface area contributed by atoms with Gasteiger partial charge in [-0.3, -0.25) is 43.8 Å². The van der Waals surface area contributed by atoms with Gasteiger partial charge in [0.05, 0.1) is 89.3 Å². The zero-order valence-electron chi connectivity index (χ0n) is 30.6. The van der Waals surface area contributed by atoms with Crippen molar-refractivity contribution in [2.45, 2.75) is 63.8 Å². The monoisotopic (exact) mass is 764 g/mol. The number of carbonyl (C=O) groups excluding carboxylic acids is 6. The molecule has 1 aromatic carbocycles. The minimum atomic E-state index is -1.08. The van der Waals surface area contributed by atoms with E-state index in [1.807, 2.05) is 0 Å². The van der Waals surface area contributed by atoms with Crippen LogP contribution < -0.4 is 16.0 Å². The lowest BCUT2D eigenvalue weighted by atomic mass is 10.0. The first kappa shape index (κ1) is 44.1. The van der Waals surface area contributed by atoms with Crippen LogP contribution in [0.3, 0.4) is 0 Å². The Bertz CT molecular complexity index is 1410. The number of unbranched alkanes of at least 4 members (excludes halogenated alkanes) is 2. The average Bonchev–Trinajstić information content (AvgIpc) is 3.40. The highest BCUT2D eigenvalue weighted by Gasteiger charge is 2.45. The van der Waals surface area contributed by atoms with Crippen molar-refractivity contribution in [1.82, 2.24) is 15.5 Å². The van der Waals surface area contributed by atoms with E-state index in [0.29, 0.717) is 98.7 Å². The van der Waals surface area contributed by atoms with Crippen molar-refractivity contribution in [2.24, 2.45) is 0 Å². The molecule has 3 rings (SSSR count). The molecule has 2 aliphatic rings. The van der Waals surface area contributed by atoms with E-state index in [2.05, 4.69) is 16.0 Å². The number of carboxylic acids is 1. The molecule has 1 unspecified atom stereocenters. The maximum absolute atomic E-state index is 13.2. The molecule has 2 heterocycles. The number of aliphatic carboxylic acids is 1. The van der Waals surface area contributed by atoms with Gasteiger partial charge in [0.25, 0.3) is 11.8 Å². The van der Waals surface area contributed by atoms with E-state index in [0.717, 1.165) is 17.7 Å². The summed E-state index contributed by atoms with van der Waals surface area (Å²) in [7, 11) is 0. The Morgan fingerprint density at radius 2 is 1.26 bits per heavy atom. The SMILES string of the molecule is O=C(O)CCC(=O)NCCCOCCOCCOCCOCCOCCOCCCCCC(=O)Nc1cccc2c1C(=O)N(C1CCC(=O)NC1=O)C2=O. The highest BCUT2D eigenvalue weighted by Crippen LogP contribution is 2.32. The topological polar surface area (TPSA) is 234 Å². The lowest BCUT2D eigenvalue weighted by Crippen LogP contribution is -2.54. The maximum atomic E-state index is 13.2. The molecule has 18 nitrogen and oxygen atoms in total. The van der Waals surface area contributed by atoms with Gasteiger partial charge in [-0.05, 0) is 37.8 Å². The molecule has 300 valence electrons. The van der Waals surface area contributed by atoms with Gasteiger partial charge < -0.3 is 44.2 Å². The van der Waals surface area contributed by atoms with Crippen LogP contribution in [0.15, 0.2) is 18.2 Å². The number of carboxylic acid groups (broad SMARTS) is 1. The molecule has 0 aromatic heterocycles. The van der Waals surface area contributed by atoms with Crippen molar-refractivity contribution in [3.63, 3.8) is 0 Å². The molecule has 0 aliphatic carbocycles. The van der Waals surface area contributed by atoms with Crippen molar-refractivity contribution < 1.29 is 67.1 Å². The number of amides is 6. The lowest BCUT2D eigenvalue weighted by molar-refractivity contribution is -0.139. The summed E-state index contributed by atoms with van der Waals surface area (Å²) in [5.74, 6) is -4.03. The van der Waals surface area contributed by atoms with Gasteiger partial charge in [-0.1, -0.05) is 12.5 Å². The van der Waals surface area contributed by atoms with Gasteiger partial charge in [-0.15, -0.1) is 0 Å². The number of nitrogens with zero attached hydrogens (tertiary/aromatic N) is 1. The average molecular weight is 765 g/mol. The fourth-order valence-corrected chi connectivity index (χ4v) is 5.41. The van der Waals surface area contributed by atoms with Crippen LogP contribution in [-0.4, -0.2) is 143 Å². The van der Waals surface area contributed by atoms with Crippen LogP contribution in [0, 0.1) is 0 Å². The van der Waals surface area contributed by atoms with Gasteiger partial charge in [0.15, 0.2) is 0 Å². The Labute approximate surface area is 313 Å². The molecular formula is C36H52N4O14. The van der Waals surface area contributed by atoms with Gasteiger partial charge in [-0.2, -0.15) is 0 Å². The fraction of sp³-hybridized carbons (Fsp3) is 0.639. The first-order chi connectivity index (χ1) is 26.2. The standard InChI is InChI=1S/C36H52N4O14/c41-29(11-12-32(44)45)37-13-5-15-50-17-19-52-21-23-54-25-24-53-22-20-51-18-16-49-14-3-1-2-8-30(42)38-27-7-4-6-26-33(27)36(48)40(35(26)47)28-9-10-31(43)39-34(28)46/h4,6-7,28H,1-3,5,8-25H2,(H,37,41)(H,38,42)(H,44,45)(H,39,43,46). The number of imide groups is 2. The predicted molar refractivity (Wildman–Crippen MR) is 190 cm³/mol. The molecule has 0 saturated carbocycles. The Morgan fingerprint density at radius 3 is 1.83 bits per heavy atom. The van der Waals surface area contributed by atoms with Gasteiger partial charge >= 0.3 is 5.97 Å². The van der Waals surface area contributed by atoms with Crippen molar-refractivity contribution >= 4 is 47.1 Å². The molecule has 4 N–H and O–H groups in total. The van der Waals surface area contributed by atoms with Gasteiger partial charge in [0.1, 0.15) is 6.04 Å². The second-order valence-electron chi connectivity index (χ2n) is 12.3. The van der Waals surface area contributed by atoms with E-state index in [9.17, 15) is 33.6 Å². The zero-order chi connectivity index (χ0) is 39.0. The van der Waals surface area contributed by atoms with Crippen LogP contribution in [0.1, 0.15) is 78.5 Å². The quantitative estimate of drug-likeness (QED) is 0.0634. The number of piperidine rings is 1. The van der Waals surface area contributed by atoms with E-state index in [1.54, 1.807) is 12.1 Å². The predicted octanol–water partition coefficient (Wildman–Crippen LogP) is 1.06. The van der Waals surface area contributed by atoms with E-state index >= 15 is 0 Å². The molecule has 1 saturated heterocycles. The normalized spacial score (nSPS) is 15.3. The maximum Gasteiger partial charge on any atom is 0.303 e. The van der Waals surface area contributed by atoms with Crippen LogP contribution in [0.5, 0.6) is 0 Å². The number of hydrogen-bond donors (Lipinski definition) is 4. The summed E-state index contributed by atoms with van der Waals surface area (Å²) in [6.07, 6.45) is 2.82. The van der Waals surface area contributed by atoms with Gasteiger partial charge in [-0.25, -0.2) is 0 Å². The summed E-state index contributed by atoms with van der Waals surface area (Å²) in [6.45, 7) is 5.73. The van der Waals surface area contributed by atoms with Crippen LogP contribution in [0.2, 0.25) is 0 Å². The number of carbonyl (C=O) groups is 7. The summed E-state index contributed by atoms with van der Waals surface area (Å²) >= 11 is 0. The second-order valence-corrected chi connectivity index (χ2v) is 12.3. The number of fused-ring (bicyclic) bond motifs is 1. The summed E-state index contributed by atoms with van der Waals surface area (Å²) < 4.78 is 32.8. The molecule has 2 aliphatic heterocycles. The number of nitrogens with one attached hydrogen (secondary N) is 3. The fourth-order valence-electron chi connectivity index (χ4n) is 5.41. The van der Waals surface area contributed by atoms with E-state index in [4.69, 9.17) is 33.5 Å². The van der Waals surface area contributed by atoms with Crippen LogP contribution >= 0.6 is 0 Å². The third kappa shape index (κ3) is 16.4. The minimum absolute atomic E-state index is 0.0229. The number of rotatable bonds is 30. The van der Waals surface area contributed by atoms with Crippen molar-refractivity contribution in [1.29, 1.82) is 0 Å². The van der Waals surface area contributed by atoms with Gasteiger partial charge in [0.2, 0.25) is 23.6 Å². The Kier molecular flexibility index (Phi) is 20.9. The number of anilines is 1. The molecule has 18 heteroatoms.